The van der Waals surface area contributed by atoms with Crippen molar-refractivity contribution in [2.24, 2.45) is 5.14 Å². The number of rotatable bonds is 2. The fourth-order valence-corrected chi connectivity index (χ4v) is 2.22. The SMILES string of the molecule is NS(=O)(=O)c1ccccc1-n1ccc(C(F)(F)F)n1. The van der Waals surface area contributed by atoms with Gasteiger partial charge in [-0.15, -0.1) is 0 Å². The van der Waals surface area contributed by atoms with Gasteiger partial charge in [0.1, 0.15) is 4.90 Å². The Labute approximate surface area is 106 Å². The number of aromatic nitrogens is 2. The number of hydrogen-bond donors (Lipinski definition) is 1. The molecule has 2 aromatic rings. The molecule has 0 unspecified atom stereocenters. The van der Waals surface area contributed by atoms with Gasteiger partial charge in [0, 0.05) is 6.20 Å². The summed E-state index contributed by atoms with van der Waals surface area (Å²) < 4.78 is 60.8. The van der Waals surface area contributed by atoms with E-state index in [-0.39, 0.29) is 10.6 Å². The van der Waals surface area contributed by atoms with Gasteiger partial charge in [-0.05, 0) is 18.2 Å². The highest BCUT2D eigenvalue weighted by Crippen LogP contribution is 2.28. The van der Waals surface area contributed by atoms with E-state index in [1.807, 2.05) is 0 Å². The first-order valence-corrected chi connectivity index (χ1v) is 6.49. The van der Waals surface area contributed by atoms with Crippen LogP contribution in [-0.2, 0) is 16.2 Å². The van der Waals surface area contributed by atoms with Crippen molar-refractivity contribution in [3.8, 4) is 5.69 Å². The van der Waals surface area contributed by atoms with Gasteiger partial charge in [0.05, 0.1) is 5.69 Å². The second kappa shape index (κ2) is 4.35. The molecule has 0 saturated carbocycles. The summed E-state index contributed by atoms with van der Waals surface area (Å²) in [4.78, 5) is -0.299. The number of sulfonamides is 1. The quantitative estimate of drug-likeness (QED) is 0.911. The van der Waals surface area contributed by atoms with E-state index in [4.69, 9.17) is 5.14 Å². The number of alkyl halides is 3. The number of benzene rings is 1. The van der Waals surface area contributed by atoms with E-state index in [9.17, 15) is 21.6 Å². The highest BCUT2D eigenvalue weighted by molar-refractivity contribution is 7.89. The Bertz CT molecular complexity index is 707. The molecule has 1 heterocycles. The van der Waals surface area contributed by atoms with Crippen LogP contribution in [0.1, 0.15) is 5.69 Å². The number of para-hydroxylation sites is 1. The minimum absolute atomic E-state index is 0.0412. The molecule has 1 aromatic carbocycles. The first kappa shape index (κ1) is 13.6. The Hall–Kier alpha value is -1.87. The maximum atomic E-state index is 12.4. The predicted molar refractivity (Wildman–Crippen MR) is 59.9 cm³/mol. The van der Waals surface area contributed by atoms with Crippen LogP contribution in [-0.4, -0.2) is 18.2 Å². The average Bonchev–Trinajstić information content (AvgIpc) is 2.76. The molecule has 9 heteroatoms. The zero-order valence-corrected chi connectivity index (χ0v) is 10.1. The zero-order chi connectivity index (χ0) is 14.3. The summed E-state index contributed by atoms with van der Waals surface area (Å²) in [5.41, 5.74) is -1.16. The Morgan fingerprint density at radius 2 is 1.79 bits per heavy atom. The molecule has 0 aliphatic heterocycles. The molecule has 2 rings (SSSR count). The van der Waals surface area contributed by atoms with Crippen LogP contribution in [0.25, 0.3) is 5.69 Å². The van der Waals surface area contributed by atoms with E-state index < -0.39 is 21.9 Å². The first-order chi connectivity index (χ1) is 8.69. The molecule has 0 saturated heterocycles. The molecule has 0 atom stereocenters. The van der Waals surface area contributed by atoms with E-state index in [1.165, 1.54) is 24.3 Å². The summed E-state index contributed by atoms with van der Waals surface area (Å²) in [6, 6.07) is 6.14. The summed E-state index contributed by atoms with van der Waals surface area (Å²) >= 11 is 0. The monoisotopic (exact) mass is 291 g/mol. The van der Waals surface area contributed by atoms with E-state index in [2.05, 4.69) is 5.10 Å². The molecule has 0 bridgehead atoms. The lowest BCUT2D eigenvalue weighted by molar-refractivity contribution is -0.141. The molecule has 19 heavy (non-hydrogen) atoms. The minimum atomic E-state index is -4.60. The van der Waals surface area contributed by atoms with E-state index in [1.54, 1.807) is 0 Å². The van der Waals surface area contributed by atoms with Crippen LogP contribution >= 0.6 is 0 Å². The summed E-state index contributed by atoms with van der Waals surface area (Å²) in [5, 5.41) is 8.29. The lowest BCUT2D eigenvalue weighted by atomic mass is 10.3. The summed E-state index contributed by atoms with van der Waals surface area (Å²) in [6.07, 6.45) is -3.57. The fraction of sp³-hybridized carbons (Fsp3) is 0.100. The third kappa shape index (κ3) is 2.76. The molecule has 5 nitrogen and oxygen atoms in total. The molecule has 0 radical (unpaired) electrons. The number of primary sulfonamides is 1. The van der Waals surface area contributed by atoms with Crippen molar-refractivity contribution in [1.82, 2.24) is 9.78 Å². The molecule has 0 aliphatic rings. The molecule has 2 N–H and O–H groups in total. The maximum absolute atomic E-state index is 12.4. The van der Waals surface area contributed by atoms with Crippen molar-refractivity contribution in [1.29, 1.82) is 0 Å². The molecule has 0 fully saturated rings. The van der Waals surface area contributed by atoms with Crippen molar-refractivity contribution >= 4 is 10.0 Å². The Morgan fingerprint density at radius 3 is 2.32 bits per heavy atom. The molecule has 1 aromatic heterocycles. The van der Waals surface area contributed by atoms with Gasteiger partial charge < -0.3 is 0 Å². The van der Waals surface area contributed by atoms with Crippen molar-refractivity contribution in [2.45, 2.75) is 11.1 Å². The molecule has 0 aliphatic carbocycles. The Morgan fingerprint density at radius 1 is 1.16 bits per heavy atom. The Kier molecular flexibility index (Phi) is 3.11. The van der Waals surface area contributed by atoms with Crippen LogP contribution in [0.2, 0.25) is 0 Å². The second-order valence-corrected chi connectivity index (χ2v) is 5.19. The Balaban J connectivity index is 2.58. The number of halogens is 3. The third-order valence-electron chi connectivity index (χ3n) is 2.30. The lowest BCUT2D eigenvalue weighted by Crippen LogP contribution is -2.16. The maximum Gasteiger partial charge on any atom is 0.435 e. The first-order valence-electron chi connectivity index (χ1n) is 4.94. The topological polar surface area (TPSA) is 78.0 Å². The van der Waals surface area contributed by atoms with Gasteiger partial charge >= 0.3 is 6.18 Å². The minimum Gasteiger partial charge on any atom is -0.239 e. The number of hydrogen-bond acceptors (Lipinski definition) is 3. The molecular formula is C10H8F3N3O2S. The lowest BCUT2D eigenvalue weighted by Gasteiger charge is -2.07. The second-order valence-electron chi connectivity index (χ2n) is 3.66. The van der Waals surface area contributed by atoms with Gasteiger partial charge in [-0.25, -0.2) is 18.2 Å². The van der Waals surface area contributed by atoms with Gasteiger partial charge in [0.2, 0.25) is 10.0 Å². The third-order valence-corrected chi connectivity index (χ3v) is 3.26. The van der Waals surface area contributed by atoms with E-state index in [0.717, 1.165) is 16.9 Å². The standard InChI is InChI=1S/C10H8F3N3O2S/c11-10(12,13)9-5-6-16(15-9)7-3-1-2-4-8(7)19(14,17)18/h1-6H,(H2,14,17,18). The van der Waals surface area contributed by atoms with Crippen molar-refractivity contribution in [3.05, 3.63) is 42.2 Å². The van der Waals surface area contributed by atoms with Gasteiger partial charge in [0.15, 0.2) is 5.69 Å². The van der Waals surface area contributed by atoms with E-state index in [0.29, 0.717) is 0 Å². The van der Waals surface area contributed by atoms with Crippen LogP contribution in [0.15, 0.2) is 41.4 Å². The van der Waals surface area contributed by atoms with E-state index >= 15 is 0 Å². The highest BCUT2D eigenvalue weighted by Gasteiger charge is 2.33. The van der Waals surface area contributed by atoms with Gasteiger partial charge in [-0.2, -0.15) is 18.3 Å². The molecule has 0 spiro atoms. The fourth-order valence-electron chi connectivity index (χ4n) is 1.50. The average molecular weight is 291 g/mol. The van der Waals surface area contributed by atoms with Crippen molar-refractivity contribution < 1.29 is 21.6 Å². The normalized spacial score (nSPS) is 12.6. The predicted octanol–water partition coefficient (Wildman–Crippen LogP) is 1.54. The van der Waals surface area contributed by atoms with Crippen molar-refractivity contribution in [3.63, 3.8) is 0 Å². The highest BCUT2D eigenvalue weighted by atomic mass is 32.2. The van der Waals surface area contributed by atoms with Gasteiger partial charge in [0.25, 0.3) is 0 Å². The van der Waals surface area contributed by atoms with Crippen LogP contribution in [0.3, 0.4) is 0 Å². The summed E-state index contributed by atoms with van der Waals surface area (Å²) in [5.74, 6) is 0. The molecule has 102 valence electrons. The smallest absolute Gasteiger partial charge is 0.239 e. The number of nitrogens with two attached hydrogens (primary N) is 1. The van der Waals surface area contributed by atoms with Gasteiger partial charge in [-0.3, -0.25) is 0 Å². The largest absolute Gasteiger partial charge is 0.435 e. The molecule has 0 amide bonds. The zero-order valence-electron chi connectivity index (χ0n) is 9.29. The summed E-state index contributed by atoms with van der Waals surface area (Å²) in [6.45, 7) is 0. The number of nitrogens with zero attached hydrogens (tertiary/aromatic N) is 2. The van der Waals surface area contributed by atoms with Crippen LogP contribution < -0.4 is 5.14 Å². The van der Waals surface area contributed by atoms with Crippen LogP contribution in [0, 0.1) is 0 Å². The van der Waals surface area contributed by atoms with Crippen molar-refractivity contribution in [2.75, 3.05) is 0 Å². The van der Waals surface area contributed by atoms with Gasteiger partial charge in [-0.1, -0.05) is 12.1 Å². The van der Waals surface area contributed by atoms with Crippen LogP contribution in [0.5, 0.6) is 0 Å². The summed E-state index contributed by atoms with van der Waals surface area (Å²) in [7, 11) is -4.05. The molecular weight excluding hydrogens is 283 g/mol. The van der Waals surface area contributed by atoms with Crippen LogP contribution in [0.4, 0.5) is 13.2 Å².